The van der Waals surface area contributed by atoms with E-state index >= 15 is 0 Å². The van der Waals surface area contributed by atoms with Crippen molar-refractivity contribution in [2.24, 2.45) is 0 Å². The molecule has 25 nitrogen and oxygen atoms in total. The first-order chi connectivity index (χ1) is 48.0. The van der Waals surface area contributed by atoms with Crippen molar-refractivity contribution in [2.75, 3.05) is 78.4 Å². The maximum absolute atomic E-state index is 12.7. The molecule has 0 radical (unpaired) electrons. The first-order valence-corrected chi connectivity index (χ1v) is 32.9. The molecule has 2 aromatic carbocycles. The van der Waals surface area contributed by atoms with Crippen LogP contribution in [-0.4, -0.2) is 135 Å². The van der Waals surface area contributed by atoms with E-state index in [2.05, 4.69) is 112 Å². The van der Waals surface area contributed by atoms with E-state index in [-0.39, 0.29) is 23.8 Å². The molecule has 1 atom stereocenters. The Balaban J connectivity index is 0.000000115. The number of piperidine rings is 1. The lowest BCUT2D eigenvalue weighted by molar-refractivity contribution is 0.0958. The monoisotopic (exact) mass is 1310 g/mol. The molecule has 1 unspecified atom stereocenters. The number of ether oxygens (including phenoxy) is 2. The quantitative estimate of drug-likeness (QED) is 0.0599. The summed E-state index contributed by atoms with van der Waals surface area (Å²) in [7, 11) is 0. The molecule has 3 saturated heterocycles. The van der Waals surface area contributed by atoms with E-state index in [1.165, 1.54) is 5.56 Å². The minimum absolute atomic E-state index is 0.0752. The van der Waals surface area contributed by atoms with Crippen LogP contribution in [0.2, 0.25) is 0 Å². The second-order valence-corrected chi connectivity index (χ2v) is 25.1. The molecule has 6 aliphatic heterocycles. The summed E-state index contributed by atoms with van der Waals surface area (Å²) < 4.78 is 16.9. The number of aliphatic hydroxyl groups excluding tert-OH is 1. The van der Waals surface area contributed by atoms with Gasteiger partial charge in [-0.2, -0.15) is 0 Å². The summed E-state index contributed by atoms with van der Waals surface area (Å²) in [5, 5.41) is 28.5. The number of pyridine rings is 6. The average Bonchev–Trinajstić information content (AvgIpc) is 1.61. The Kier molecular flexibility index (Phi) is 16.3. The Bertz CT molecular complexity index is 5030. The number of amides is 3. The fourth-order valence-corrected chi connectivity index (χ4v) is 13.7. The first kappa shape index (κ1) is 61.2. The number of aryl methyl sites for hydroxylation is 2. The van der Waals surface area contributed by atoms with E-state index in [4.69, 9.17) is 14.5 Å². The number of hydrogen-bond acceptors (Lipinski definition) is 19. The van der Waals surface area contributed by atoms with Crippen LogP contribution in [0.4, 0.5) is 45.9 Å². The molecular weight excluding hydrogens is 1240 g/mol. The average molecular weight is 1310 g/mol. The Labute approximate surface area is 562 Å². The van der Waals surface area contributed by atoms with Crippen LogP contribution in [0.3, 0.4) is 0 Å². The fourth-order valence-electron chi connectivity index (χ4n) is 13.7. The zero-order valence-electron chi connectivity index (χ0n) is 53.9. The number of imidazole rings is 3. The SMILES string of the molecule is Cc1ccn2c(-c3ccc(Nc4ccc(C5CCOC5)cn4)c4c3CNC4=O)cnc2c1.Cc1ccn2c(-c3ncc(Nc4ccc(N5CCC(O)CC5)cn4)c4c3CNC4=O)cnc2c1.O=C1NCc2c(-c3cnc4cnccn34)ccc(Nc3ccc(N4CCOCC4)cn3)c21. The predicted molar refractivity (Wildman–Crippen MR) is 372 cm³/mol. The molecule has 18 rings (SSSR count). The van der Waals surface area contributed by atoms with Crippen molar-refractivity contribution >= 4 is 80.6 Å². The lowest BCUT2D eigenvalue weighted by atomic mass is 9.99. The number of nitrogens with zero attached hydrogens (tertiary/aromatic N) is 13. The molecule has 16 heterocycles. The highest BCUT2D eigenvalue weighted by Crippen LogP contribution is 2.39. The van der Waals surface area contributed by atoms with E-state index in [9.17, 15) is 19.5 Å². The van der Waals surface area contributed by atoms with Gasteiger partial charge < -0.3 is 56.3 Å². The summed E-state index contributed by atoms with van der Waals surface area (Å²) in [6.45, 7) is 11.9. The Morgan fingerprint density at radius 2 is 0.990 bits per heavy atom. The van der Waals surface area contributed by atoms with Crippen molar-refractivity contribution in [1.82, 2.24) is 69.0 Å². The number of hydrogen-bond donors (Lipinski definition) is 7. The zero-order valence-corrected chi connectivity index (χ0v) is 53.9. The zero-order chi connectivity index (χ0) is 66.4. The number of carbonyl (C=O) groups is 3. The summed E-state index contributed by atoms with van der Waals surface area (Å²) in [6, 6.07) is 28.1. The van der Waals surface area contributed by atoms with Crippen LogP contribution in [0.5, 0.6) is 0 Å². The number of anilines is 8. The molecule has 0 spiro atoms. The van der Waals surface area contributed by atoms with Crippen molar-refractivity contribution in [2.45, 2.75) is 64.8 Å². The second kappa shape index (κ2) is 26.2. The minimum atomic E-state index is -0.210. The highest BCUT2D eigenvalue weighted by Gasteiger charge is 2.32. The lowest BCUT2D eigenvalue weighted by Crippen LogP contribution is -2.36. The Morgan fingerprint density at radius 3 is 1.55 bits per heavy atom. The van der Waals surface area contributed by atoms with E-state index < -0.39 is 0 Å². The largest absolute Gasteiger partial charge is 0.393 e. The fraction of sp³-hybridized carbons (Fsp3) is 0.247. The third-order valence-electron chi connectivity index (χ3n) is 18.9. The van der Waals surface area contributed by atoms with Crippen LogP contribution >= 0.6 is 0 Å². The Morgan fingerprint density at radius 1 is 0.469 bits per heavy atom. The van der Waals surface area contributed by atoms with Crippen LogP contribution in [0, 0.1) is 13.8 Å². The Hall–Kier alpha value is -11.7. The number of nitrogens with one attached hydrogen (secondary N) is 6. The number of carbonyl (C=O) groups excluding carboxylic acids is 3. The van der Waals surface area contributed by atoms with E-state index in [1.807, 2.05) is 126 Å². The van der Waals surface area contributed by atoms with Gasteiger partial charge in [-0.15, -0.1) is 0 Å². The molecule has 3 amide bonds. The van der Waals surface area contributed by atoms with Crippen molar-refractivity contribution < 1.29 is 29.0 Å². The molecule has 3 fully saturated rings. The summed E-state index contributed by atoms with van der Waals surface area (Å²) in [4.78, 5) is 78.7. The lowest BCUT2D eigenvalue weighted by Gasteiger charge is -2.31. The van der Waals surface area contributed by atoms with Gasteiger partial charge in [0, 0.05) is 106 Å². The van der Waals surface area contributed by atoms with E-state index in [0.29, 0.717) is 65.4 Å². The molecule has 98 heavy (non-hydrogen) atoms. The first-order valence-electron chi connectivity index (χ1n) is 32.9. The van der Waals surface area contributed by atoms with Crippen molar-refractivity contribution in [3.8, 4) is 33.9 Å². The highest BCUT2D eigenvalue weighted by molar-refractivity contribution is 6.08. The number of morpholine rings is 1. The number of aliphatic hydroxyl groups is 1. The van der Waals surface area contributed by atoms with Crippen LogP contribution in [0.15, 0.2) is 159 Å². The van der Waals surface area contributed by atoms with Gasteiger partial charge in [-0.05, 0) is 128 Å². The molecule has 492 valence electrons. The van der Waals surface area contributed by atoms with Gasteiger partial charge in [-0.1, -0.05) is 18.2 Å². The molecule has 10 aromatic heterocycles. The number of fused-ring (bicyclic) bond motifs is 6. The maximum Gasteiger partial charge on any atom is 0.254 e. The summed E-state index contributed by atoms with van der Waals surface area (Å²) >= 11 is 0. The molecule has 0 saturated carbocycles. The minimum Gasteiger partial charge on any atom is -0.393 e. The van der Waals surface area contributed by atoms with E-state index in [1.54, 1.807) is 24.8 Å². The third kappa shape index (κ3) is 12.0. The summed E-state index contributed by atoms with van der Waals surface area (Å²) in [5.74, 6) is 2.17. The van der Waals surface area contributed by atoms with Crippen molar-refractivity contribution in [1.29, 1.82) is 0 Å². The third-order valence-corrected chi connectivity index (χ3v) is 18.9. The molecule has 7 N–H and O–H groups in total. The molecule has 6 aliphatic rings. The van der Waals surface area contributed by atoms with Crippen LogP contribution in [0.25, 0.3) is 50.8 Å². The predicted octanol–water partition coefficient (Wildman–Crippen LogP) is 9.86. The van der Waals surface area contributed by atoms with Crippen molar-refractivity contribution in [3.63, 3.8) is 0 Å². The van der Waals surface area contributed by atoms with Crippen LogP contribution in [-0.2, 0) is 29.1 Å². The van der Waals surface area contributed by atoms with Gasteiger partial charge in [0.25, 0.3) is 17.7 Å². The van der Waals surface area contributed by atoms with Gasteiger partial charge in [0.2, 0.25) is 0 Å². The van der Waals surface area contributed by atoms with Crippen molar-refractivity contribution in [3.05, 3.63) is 209 Å². The van der Waals surface area contributed by atoms with E-state index in [0.717, 1.165) is 173 Å². The van der Waals surface area contributed by atoms with Gasteiger partial charge in [0.05, 0.1) is 137 Å². The topological polar surface area (TPSA) is 285 Å². The summed E-state index contributed by atoms with van der Waals surface area (Å²) in [6.07, 6.45) is 24.4. The van der Waals surface area contributed by atoms with Gasteiger partial charge in [-0.25, -0.2) is 29.9 Å². The number of rotatable bonds is 12. The molecule has 25 heteroatoms. The standard InChI is InChI=1S/C25H25N7O2.C25H23N5O2.C23H21N7O2/c1-15-4-9-32-20(14-27-22(32)10-15)24-18-12-29-25(34)23(18)19(13-28-24)30-21-3-2-16(11-26-21)31-7-5-17(33)6-8-31;1-15-6-8-30-21(13-27-23(30)10-15)18-3-4-20(24-19(18)12-28-25(24)31)29-22-5-2-16(11-26-22)17-7-9-32-14-17;31-23-22-17(12-27-23)16(19-13-26-21-14-24-5-6-30(19)21)2-3-18(22)28-20-4-1-15(11-25-20)29-7-9-32-10-8-29/h2-4,9-11,13-14,17,33H,5-8,12H2,1H3,(H,26,30)(H,29,34);2-6,8,10-11,13,17H,7,9,12,14H2,1H3,(H,26,29)(H,28,31);1-6,11,13-14H,7-10,12H2,(H,25,28)(H,27,31). The smallest absolute Gasteiger partial charge is 0.254 e. The molecule has 0 aliphatic carbocycles. The second-order valence-electron chi connectivity index (χ2n) is 25.1. The molecule has 0 bridgehead atoms. The van der Waals surface area contributed by atoms with Crippen LogP contribution in [0.1, 0.15) is 89.6 Å². The summed E-state index contributed by atoms with van der Waals surface area (Å²) in [5.41, 5.74) is 20.3. The number of benzene rings is 2. The van der Waals surface area contributed by atoms with Gasteiger partial charge in [0.15, 0.2) is 5.65 Å². The molecular formula is C73H69N19O6. The molecule has 12 aromatic rings. The number of aromatic nitrogens is 11. The maximum atomic E-state index is 12.7. The van der Waals surface area contributed by atoms with Crippen LogP contribution < -0.4 is 41.7 Å². The van der Waals surface area contributed by atoms with Gasteiger partial charge in [-0.3, -0.25) is 37.6 Å². The normalized spacial score (nSPS) is 16.4. The highest BCUT2D eigenvalue weighted by atomic mass is 16.5. The van der Waals surface area contributed by atoms with Gasteiger partial charge >= 0.3 is 0 Å². The van der Waals surface area contributed by atoms with Gasteiger partial charge in [0.1, 0.15) is 28.7 Å².